The van der Waals surface area contributed by atoms with E-state index in [9.17, 15) is 5.11 Å². The second-order valence-electron chi connectivity index (χ2n) is 5.57. The van der Waals surface area contributed by atoms with Crippen LogP contribution in [0, 0.1) is 0 Å². The monoisotopic (exact) mass is 318 g/mol. The van der Waals surface area contributed by atoms with Crippen molar-refractivity contribution in [2.75, 3.05) is 44.7 Å². The fraction of sp³-hybridized carbons (Fsp3) is 0.533. The summed E-state index contributed by atoms with van der Waals surface area (Å²) >= 11 is 0. The molecule has 1 aliphatic heterocycles. The topological polar surface area (TPSA) is 79.5 Å². The highest BCUT2D eigenvalue weighted by Crippen LogP contribution is 2.14. The maximum absolute atomic E-state index is 10.2. The largest absolute Gasteiger partial charge is 0.481 e. The van der Waals surface area contributed by atoms with E-state index in [-0.39, 0.29) is 0 Å². The van der Waals surface area contributed by atoms with Crippen molar-refractivity contribution >= 4 is 5.95 Å². The van der Waals surface area contributed by atoms with E-state index in [1.165, 1.54) is 0 Å². The molecule has 0 aliphatic carbocycles. The van der Waals surface area contributed by atoms with Gasteiger partial charge >= 0.3 is 0 Å². The molecule has 0 unspecified atom stereocenters. The van der Waals surface area contributed by atoms with Crippen LogP contribution in [0.25, 0.3) is 0 Å². The van der Waals surface area contributed by atoms with Gasteiger partial charge in [0.25, 0.3) is 0 Å². The number of nitrogens with zero attached hydrogens (tertiary/aromatic N) is 6. The van der Waals surface area contributed by atoms with E-state index in [0.29, 0.717) is 24.9 Å². The Labute approximate surface area is 135 Å². The molecule has 1 atom stereocenters. The first-order valence-corrected chi connectivity index (χ1v) is 7.74. The zero-order valence-corrected chi connectivity index (χ0v) is 13.2. The average Bonchev–Trinajstić information content (AvgIpc) is 3.08. The molecule has 8 heteroatoms. The Morgan fingerprint density at radius 2 is 2.04 bits per heavy atom. The third-order valence-electron chi connectivity index (χ3n) is 3.91. The molecule has 0 spiro atoms. The van der Waals surface area contributed by atoms with Gasteiger partial charge in [-0.25, -0.2) is 4.98 Å². The Bertz CT molecular complexity index is 598. The predicted octanol–water partition coefficient (Wildman–Crippen LogP) is -0.135. The quantitative estimate of drug-likeness (QED) is 0.794. The number of β-amino-alcohol motifs (C(OH)–C–C–N with tert-alkyl or cyclic N) is 1. The summed E-state index contributed by atoms with van der Waals surface area (Å²) in [4.78, 5) is 13.1. The third-order valence-corrected chi connectivity index (χ3v) is 3.91. The summed E-state index contributed by atoms with van der Waals surface area (Å²) in [6.45, 7) is 4.58. The Kier molecular flexibility index (Phi) is 5.04. The van der Waals surface area contributed by atoms with E-state index in [4.69, 9.17) is 4.74 Å². The van der Waals surface area contributed by atoms with Gasteiger partial charge in [0.05, 0.1) is 19.8 Å². The highest BCUT2D eigenvalue weighted by Gasteiger charge is 2.21. The van der Waals surface area contributed by atoms with Crippen molar-refractivity contribution in [3.05, 3.63) is 30.7 Å². The smallest absolute Gasteiger partial charge is 0.228 e. The number of hydrogen-bond acceptors (Lipinski definition) is 7. The molecule has 1 aliphatic rings. The molecule has 1 fully saturated rings. The summed E-state index contributed by atoms with van der Waals surface area (Å²) in [7, 11) is 1.60. The first-order chi connectivity index (χ1) is 11.2. The van der Waals surface area contributed by atoms with Crippen molar-refractivity contribution in [1.29, 1.82) is 0 Å². The number of ether oxygens (including phenoxy) is 1. The van der Waals surface area contributed by atoms with Gasteiger partial charge in [0.15, 0.2) is 0 Å². The SMILES string of the molecule is COc1ccnc(N2CCN(C[C@@H](O)Cn3cccn3)CC2)n1. The van der Waals surface area contributed by atoms with E-state index in [0.717, 1.165) is 26.2 Å². The molecule has 3 rings (SSSR count). The molecular weight excluding hydrogens is 296 g/mol. The molecule has 1 N–H and O–H groups in total. The van der Waals surface area contributed by atoms with Gasteiger partial charge in [0.2, 0.25) is 11.8 Å². The number of aliphatic hydroxyl groups excluding tert-OH is 1. The van der Waals surface area contributed by atoms with Gasteiger partial charge in [-0.3, -0.25) is 9.58 Å². The van der Waals surface area contributed by atoms with Gasteiger partial charge in [-0.1, -0.05) is 0 Å². The van der Waals surface area contributed by atoms with Crippen LogP contribution in [-0.4, -0.2) is 75.7 Å². The normalized spacial score (nSPS) is 17.2. The summed E-state index contributed by atoms with van der Waals surface area (Å²) in [5.41, 5.74) is 0. The summed E-state index contributed by atoms with van der Waals surface area (Å²) < 4.78 is 6.89. The Morgan fingerprint density at radius 3 is 2.74 bits per heavy atom. The van der Waals surface area contributed by atoms with Crippen LogP contribution < -0.4 is 9.64 Å². The minimum absolute atomic E-state index is 0.422. The fourth-order valence-electron chi connectivity index (χ4n) is 2.71. The molecule has 1 saturated heterocycles. The minimum Gasteiger partial charge on any atom is -0.481 e. The van der Waals surface area contributed by atoms with Crippen molar-refractivity contribution < 1.29 is 9.84 Å². The number of anilines is 1. The predicted molar refractivity (Wildman–Crippen MR) is 85.5 cm³/mol. The van der Waals surface area contributed by atoms with Crippen LogP contribution in [0.5, 0.6) is 5.88 Å². The van der Waals surface area contributed by atoms with Gasteiger partial charge in [0.1, 0.15) is 0 Å². The lowest BCUT2D eigenvalue weighted by Gasteiger charge is -2.35. The lowest BCUT2D eigenvalue weighted by atomic mass is 10.2. The van der Waals surface area contributed by atoms with Crippen LogP contribution in [0.1, 0.15) is 0 Å². The van der Waals surface area contributed by atoms with Crippen LogP contribution in [0.15, 0.2) is 30.7 Å². The zero-order chi connectivity index (χ0) is 16.1. The molecule has 0 amide bonds. The lowest BCUT2D eigenvalue weighted by Crippen LogP contribution is -2.49. The Hall–Kier alpha value is -2.19. The molecule has 124 valence electrons. The van der Waals surface area contributed by atoms with Crippen molar-refractivity contribution in [3.8, 4) is 5.88 Å². The number of aliphatic hydroxyl groups is 1. The van der Waals surface area contributed by atoms with Gasteiger partial charge < -0.3 is 14.7 Å². The van der Waals surface area contributed by atoms with Crippen LogP contribution in [0.4, 0.5) is 5.95 Å². The van der Waals surface area contributed by atoms with E-state index in [2.05, 4.69) is 24.9 Å². The number of hydrogen-bond donors (Lipinski definition) is 1. The van der Waals surface area contributed by atoms with Gasteiger partial charge in [-0.05, 0) is 6.07 Å². The number of rotatable bonds is 6. The second kappa shape index (κ2) is 7.38. The van der Waals surface area contributed by atoms with Crippen molar-refractivity contribution in [2.45, 2.75) is 12.6 Å². The maximum atomic E-state index is 10.2. The molecule has 2 aromatic heterocycles. The molecule has 0 radical (unpaired) electrons. The standard InChI is InChI=1S/C15H22N6O2/c1-23-14-3-5-16-15(18-14)20-9-7-19(8-10-20)11-13(22)12-21-6-2-4-17-21/h2-6,13,22H,7-12H2,1H3/t13-/m1/s1. The van der Waals surface area contributed by atoms with Crippen LogP contribution in [0.2, 0.25) is 0 Å². The molecule has 8 nitrogen and oxygen atoms in total. The van der Waals surface area contributed by atoms with Crippen molar-refractivity contribution in [2.24, 2.45) is 0 Å². The van der Waals surface area contributed by atoms with E-state index < -0.39 is 6.10 Å². The molecule has 0 bridgehead atoms. The Balaban J connectivity index is 1.48. The molecule has 3 heterocycles. The van der Waals surface area contributed by atoms with E-state index in [1.54, 1.807) is 30.3 Å². The molecule has 0 saturated carbocycles. The average molecular weight is 318 g/mol. The molecule has 0 aromatic carbocycles. The summed E-state index contributed by atoms with van der Waals surface area (Å²) in [6, 6.07) is 3.60. The first-order valence-electron chi connectivity index (χ1n) is 7.74. The van der Waals surface area contributed by atoms with E-state index >= 15 is 0 Å². The van der Waals surface area contributed by atoms with Crippen molar-refractivity contribution in [1.82, 2.24) is 24.6 Å². The van der Waals surface area contributed by atoms with Gasteiger partial charge in [0, 0.05) is 57.4 Å². The molecule has 2 aromatic rings. The minimum atomic E-state index is -0.422. The second-order valence-corrected chi connectivity index (χ2v) is 5.57. The van der Waals surface area contributed by atoms with Crippen LogP contribution in [-0.2, 0) is 6.54 Å². The van der Waals surface area contributed by atoms with Gasteiger partial charge in [-0.15, -0.1) is 0 Å². The van der Waals surface area contributed by atoms with E-state index in [1.807, 2.05) is 12.3 Å². The first kappa shape index (κ1) is 15.7. The zero-order valence-electron chi connectivity index (χ0n) is 13.2. The van der Waals surface area contributed by atoms with Gasteiger partial charge in [-0.2, -0.15) is 10.1 Å². The highest BCUT2D eigenvalue weighted by molar-refractivity contribution is 5.32. The molecular formula is C15H22N6O2. The number of aromatic nitrogens is 4. The van der Waals surface area contributed by atoms with Crippen molar-refractivity contribution in [3.63, 3.8) is 0 Å². The number of piperazine rings is 1. The number of methoxy groups -OCH3 is 1. The molecule has 23 heavy (non-hydrogen) atoms. The fourth-order valence-corrected chi connectivity index (χ4v) is 2.71. The lowest BCUT2D eigenvalue weighted by molar-refractivity contribution is 0.0919. The Morgan fingerprint density at radius 1 is 1.22 bits per heavy atom. The third kappa shape index (κ3) is 4.17. The summed E-state index contributed by atoms with van der Waals surface area (Å²) in [5.74, 6) is 1.27. The van der Waals surface area contributed by atoms with Crippen LogP contribution >= 0.6 is 0 Å². The highest BCUT2D eigenvalue weighted by atomic mass is 16.5. The maximum Gasteiger partial charge on any atom is 0.228 e. The van der Waals surface area contributed by atoms with Crippen LogP contribution in [0.3, 0.4) is 0 Å². The summed E-state index contributed by atoms with van der Waals surface area (Å²) in [6.07, 6.45) is 4.87. The summed E-state index contributed by atoms with van der Waals surface area (Å²) in [5, 5.41) is 14.3.